The molecule has 1 aliphatic rings. The van der Waals surface area contributed by atoms with Gasteiger partial charge in [-0.25, -0.2) is 4.79 Å². The van der Waals surface area contributed by atoms with Gasteiger partial charge in [-0.15, -0.1) is 0 Å². The van der Waals surface area contributed by atoms with Crippen LogP contribution in [0.3, 0.4) is 0 Å². The van der Waals surface area contributed by atoms with Crippen LogP contribution in [0.4, 0.5) is 16.2 Å². The Hall–Kier alpha value is -3.88. The van der Waals surface area contributed by atoms with Gasteiger partial charge >= 0.3 is 6.03 Å². The van der Waals surface area contributed by atoms with E-state index in [2.05, 4.69) is 81.5 Å². The van der Waals surface area contributed by atoms with Gasteiger partial charge in [-0.3, -0.25) is 9.69 Å². The van der Waals surface area contributed by atoms with Gasteiger partial charge in [0.15, 0.2) is 0 Å². The number of carbonyl (C=O) groups is 2. The van der Waals surface area contributed by atoms with Gasteiger partial charge in [-0.05, 0) is 67.6 Å². The lowest BCUT2D eigenvalue weighted by Gasteiger charge is -2.38. The third-order valence-corrected chi connectivity index (χ3v) is 7.62. The molecule has 1 saturated heterocycles. The molecule has 3 amide bonds. The van der Waals surface area contributed by atoms with Gasteiger partial charge in [-0.2, -0.15) is 0 Å². The first-order chi connectivity index (χ1) is 20.0. The number of benzene rings is 3. The number of ether oxygens (including phenoxy) is 1. The third-order valence-electron chi connectivity index (χ3n) is 7.62. The van der Waals surface area contributed by atoms with E-state index in [1.807, 2.05) is 31.1 Å². The minimum atomic E-state index is -0.341. The summed E-state index contributed by atoms with van der Waals surface area (Å²) in [7, 11) is 5.49. The molecule has 3 N–H and O–H groups in total. The molecule has 0 radical (unpaired) electrons. The van der Waals surface area contributed by atoms with E-state index in [0.29, 0.717) is 43.3 Å². The Morgan fingerprint density at radius 1 is 0.927 bits per heavy atom. The Morgan fingerprint density at radius 3 is 2.15 bits per heavy atom. The summed E-state index contributed by atoms with van der Waals surface area (Å²) in [5.41, 5.74) is 4.43. The van der Waals surface area contributed by atoms with E-state index in [0.717, 1.165) is 31.6 Å². The molecule has 3 aromatic carbocycles. The maximum Gasteiger partial charge on any atom is 0.319 e. The van der Waals surface area contributed by atoms with Gasteiger partial charge < -0.3 is 25.6 Å². The summed E-state index contributed by atoms with van der Waals surface area (Å²) in [5.74, 6) is 0.206. The molecule has 1 heterocycles. The lowest BCUT2D eigenvalue weighted by Crippen LogP contribution is -2.41. The molecule has 0 aliphatic carbocycles. The SMILES string of the molecule is COCCCNC(=O)Nc1ccc(N(C)C)cc1C(=O)NCC1CCN(C(c2ccccc2)c2ccccc2)CC1. The van der Waals surface area contributed by atoms with Crippen molar-refractivity contribution in [3.63, 3.8) is 0 Å². The first-order valence-electron chi connectivity index (χ1n) is 14.4. The van der Waals surface area contributed by atoms with Gasteiger partial charge in [0.25, 0.3) is 5.91 Å². The van der Waals surface area contributed by atoms with Crippen molar-refractivity contribution in [3.05, 3.63) is 95.6 Å². The maximum absolute atomic E-state index is 13.4. The van der Waals surface area contributed by atoms with E-state index in [4.69, 9.17) is 4.74 Å². The lowest BCUT2D eigenvalue weighted by atomic mass is 9.91. The van der Waals surface area contributed by atoms with Crippen molar-refractivity contribution < 1.29 is 14.3 Å². The van der Waals surface area contributed by atoms with Crippen LogP contribution in [0.2, 0.25) is 0 Å². The van der Waals surface area contributed by atoms with Crippen molar-refractivity contribution in [2.24, 2.45) is 5.92 Å². The monoisotopic (exact) mass is 557 g/mol. The van der Waals surface area contributed by atoms with Crippen LogP contribution < -0.4 is 20.9 Å². The van der Waals surface area contributed by atoms with Gasteiger partial charge in [-0.1, -0.05) is 60.7 Å². The lowest BCUT2D eigenvalue weighted by molar-refractivity contribution is 0.0931. The van der Waals surface area contributed by atoms with Gasteiger partial charge in [0.2, 0.25) is 0 Å². The van der Waals surface area contributed by atoms with Crippen molar-refractivity contribution in [2.75, 3.05) is 64.2 Å². The molecule has 0 bridgehead atoms. The van der Waals surface area contributed by atoms with Crippen LogP contribution in [-0.4, -0.2) is 70.8 Å². The highest BCUT2D eigenvalue weighted by Crippen LogP contribution is 2.32. The number of hydrogen-bond acceptors (Lipinski definition) is 5. The summed E-state index contributed by atoms with van der Waals surface area (Å²) >= 11 is 0. The Labute approximate surface area is 244 Å². The summed E-state index contributed by atoms with van der Waals surface area (Å²) in [6, 6.07) is 26.7. The number of nitrogens with zero attached hydrogens (tertiary/aromatic N) is 2. The topological polar surface area (TPSA) is 85.9 Å². The predicted octanol–water partition coefficient (Wildman–Crippen LogP) is 5.14. The second kappa shape index (κ2) is 15.2. The van der Waals surface area contributed by atoms with Crippen LogP contribution >= 0.6 is 0 Å². The highest BCUT2D eigenvalue weighted by Gasteiger charge is 2.27. The minimum absolute atomic E-state index is 0.183. The fourth-order valence-corrected chi connectivity index (χ4v) is 5.32. The number of methoxy groups -OCH3 is 1. The Balaban J connectivity index is 1.36. The number of amides is 3. The summed E-state index contributed by atoms with van der Waals surface area (Å²) in [6.07, 6.45) is 2.72. The Kier molecular flexibility index (Phi) is 11.2. The van der Waals surface area contributed by atoms with Crippen molar-refractivity contribution in [1.29, 1.82) is 0 Å². The van der Waals surface area contributed by atoms with Crippen LogP contribution in [0.1, 0.15) is 46.8 Å². The molecule has 0 aromatic heterocycles. The zero-order chi connectivity index (χ0) is 29.0. The minimum Gasteiger partial charge on any atom is -0.385 e. The highest BCUT2D eigenvalue weighted by atomic mass is 16.5. The third kappa shape index (κ3) is 8.55. The fraction of sp³-hybridized carbons (Fsp3) is 0.394. The van der Waals surface area contributed by atoms with E-state index in [1.165, 1.54) is 11.1 Å². The van der Waals surface area contributed by atoms with E-state index in [1.54, 1.807) is 13.2 Å². The number of hydrogen-bond donors (Lipinski definition) is 3. The van der Waals surface area contributed by atoms with Crippen LogP contribution in [0, 0.1) is 5.92 Å². The average Bonchev–Trinajstić information content (AvgIpc) is 3.00. The molecule has 1 fully saturated rings. The Morgan fingerprint density at radius 2 is 1.56 bits per heavy atom. The number of nitrogens with one attached hydrogen (secondary N) is 3. The number of urea groups is 1. The maximum atomic E-state index is 13.4. The highest BCUT2D eigenvalue weighted by molar-refractivity contribution is 6.04. The van der Waals surface area contributed by atoms with Crippen LogP contribution in [0.15, 0.2) is 78.9 Å². The number of carbonyl (C=O) groups excluding carboxylic acids is 2. The molecule has 0 saturated carbocycles. The number of anilines is 2. The summed E-state index contributed by atoms with van der Waals surface area (Å²) in [6.45, 7) is 3.58. The number of piperidine rings is 1. The van der Waals surface area contributed by atoms with E-state index in [9.17, 15) is 9.59 Å². The van der Waals surface area contributed by atoms with Crippen molar-refractivity contribution in [1.82, 2.24) is 15.5 Å². The first-order valence-corrected chi connectivity index (χ1v) is 14.4. The molecular weight excluding hydrogens is 514 g/mol. The molecule has 1 aliphatic heterocycles. The molecule has 218 valence electrons. The van der Waals surface area contributed by atoms with Gasteiger partial charge in [0.05, 0.1) is 17.3 Å². The van der Waals surface area contributed by atoms with Crippen molar-refractivity contribution in [3.8, 4) is 0 Å². The standard InChI is InChI=1S/C33H43N5O3/c1-37(2)28-15-16-30(36-33(40)34-19-10-22-41-3)29(23-28)32(39)35-24-25-17-20-38(21-18-25)31(26-11-6-4-7-12-26)27-13-8-5-9-14-27/h4-9,11-16,23,25,31H,10,17-22,24H2,1-3H3,(H,35,39)(H2,34,36,40). The molecule has 8 heteroatoms. The van der Waals surface area contributed by atoms with Gasteiger partial charge in [0.1, 0.15) is 0 Å². The van der Waals surface area contributed by atoms with Crippen LogP contribution in [0.5, 0.6) is 0 Å². The smallest absolute Gasteiger partial charge is 0.319 e. The predicted molar refractivity (Wildman–Crippen MR) is 166 cm³/mol. The Bertz CT molecular complexity index is 1200. The molecule has 8 nitrogen and oxygen atoms in total. The van der Waals surface area contributed by atoms with E-state index < -0.39 is 0 Å². The van der Waals surface area contributed by atoms with Gasteiger partial charge in [0, 0.05) is 46.6 Å². The fourth-order valence-electron chi connectivity index (χ4n) is 5.32. The van der Waals surface area contributed by atoms with E-state index in [-0.39, 0.29) is 18.0 Å². The average molecular weight is 558 g/mol. The zero-order valence-corrected chi connectivity index (χ0v) is 24.4. The molecule has 0 spiro atoms. The van der Waals surface area contributed by atoms with Crippen LogP contribution in [0.25, 0.3) is 0 Å². The van der Waals surface area contributed by atoms with Crippen LogP contribution in [-0.2, 0) is 4.74 Å². The second-order valence-electron chi connectivity index (χ2n) is 10.8. The largest absolute Gasteiger partial charge is 0.385 e. The summed E-state index contributed by atoms with van der Waals surface area (Å²) in [4.78, 5) is 30.3. The molecular formula is C33H43N5O3. The van der Waals surface area contributed by atoms with Crippen molar-refractivity contribution >= 4 is 23.3 Å². The quantitative estimate of drug-likeness (QED) is 0.269. The molecule has 0 unspecified atom stereocenters. The molecule has 3 aromatic rings. The molecule has 4 rings (SSSR count). The summed E-state index contributed by atoms with van der Waals surface area (Å²) in [5, 5.41) is 8.81. The van der Waals surface area contributed by atoms with E-state index >= 15 is 0 Å². The summed E-state index contributed by atoms with van der Waals surface area (Å²) < 4.78 is 5.03. The second-order valence-corrected chi connectivity index (χ2v) is 10.8. The first kappa shape index (κ1) is 30.1. The number of rotatable bonds is 12. The van der Waals surface area contributed by atoms with Crippen molar-refractivity contribution in [2.45, 2.75) is 25.3 Å². The number of likely N-dealkylation sites (tertiary alicyclic amines) is 1. The normalized spacial score (nSPS) is 14.0. The molecule has 41 heavy (non-hydrogen) atoms. The zero-order valence-electron chi connectivity index (χ0n) is 24.4. The molecule has 0 atom stereocenters.